The van der Waals surface area contributed by atoms with Crippen LogP contribution in [0.25, 0.3) is 0 Å². The first-order valence-electron chi connectivity index (χ1n) is 6.41. The number of carbonyl (C=O) groups is 1. The van der Waals surface area contributed by atoms with E-state index in [0.29, 0.717) is 12.2 Å². The smallest absolute Gasteiger partial charge is 0.335 e. The summed E-state index contributed by atoms with van der Waals surface area (Å²) in [6, 6.07) is 3.93. The van der Waals surface area contributed by atoms with Gasteiger partial charge in [-0.3, -0.25) is 0 Å². The van der Waals surface area contributed by atoms with Crippen LogP contribution < -0.4 is 5.32 Å². The van der Waals surface area contributed by atoms with E-state index in [9.17, 15) is 9.18 Å². The molecule has 0 heterocycles. The minimum absolute atomic E-state index is 0.0277. The minimum Gasteiger partial charge on any atom is -0.478 e. The van der Waals surface area contributed by atoms with Crippen LogP contribution in [0.15, 0.2) is 18.2 Å². The predicted octanol–water partition coefficient (Wildman–Crippen LogP) is 3.86. The van der Waals surface area contributed by atoms with E-state index in [2.05, 4.69) is 11.6 Å². The van der Waals surface area contributed by atoms with Crippen molar-refractivity contribution in [2.75, 3.05) is 23.9 Å². The Labute approximate surface area is 117 Å². The molecule has 5 heteroatoms. The van der Waals surface area contributed by atoms with Gasteiger partial charge in [-0.1, -0.05) is 12.8 Å². The van der Waals surface area contributed by atoms with Gasteiger partial charge in [0.05, 0.1) is 11.3 Å². The lowest BCUT2D eigenvalue weighted by atomic mass is 10.2. The van der Waals surface area contributed by atoms with E-state index in [1.807, 2.05) is 11.8 Å². The molecule has 0 aliphatic carbocycles. The van der Waals surface area contributed by atoms with E-state index >= 15 is 0 Å². The number of benzene rings is 1. The molecular weight excluding hydrogens is 265 g/mol. The summed E-state index contributed by atoms with van der Waals surface area (Å²) < 4.78 is 13.6. The molecule has 0 aliphatic rings. The second-order valence-corrected chi connectivity index (χ2v) is 5.32. The summed E-state index contributed by atoms with van der Waals surface area (Å²) in [6.07, 6.45) is 6.65. The monoisotopic (exact) mass is 285 g/mol. The SMILES string of the molecule is CSCCCCCCNc1ccc(C(=O)O)cc1F. The van der Waals surface area contributed by atoms with Crippen molar-refractivity contribution in [2.45, 2.75) is 25.7 Å². The standard InChI is InChI=1S/C14H20FNO2S/c1-19-9-5-3-2-4-8-16-13-7-6-11(14(17)18)10-12(13)15/h6-7,10,16H,2-5,8-9H2,1H3,(H,17,18). The van der Waals surface area contributed by atoms with E-state index in [4.69, 9.17) is 5.11 Å². The summed E-state index contributed by atoms with van der Waals surface area (Å²) in [7, 11) is 0. The van der Waals surface area contributed by atoms with Crippen molar-refractivity contribution in [2.24, 2.45) is 0 Å². The van der Waals surface area contributed by atoms with Crippen molar-refractivity contribution in [3.63, 3.8) is 0 Å². The van der Waals surface area contributed by atoms with Crippen molar-refractivity contribution in [3.05, 3.63) is 29.6 Å². The quantitative estimate of drug-likeness (QED) is 0.676. The number of thioether (sulfide) groups is 1. The van der Waals surface area contributed by atoms with Crippen LogP contribution in [0.4, 0.5) is 10.1 Å². The summed E-state index contributed by atoms with van der Waals surface area (Å²) in [5.41, 5.74) is 0.342. The van der Waals surface area contributed by atoms with Crippen LogP contribution in [0.1, 0.15) is 36.0 Å². The first-order valence-corrected chi connectivity index (χ1v) is 7.80. The zero-order valence-electron chi connectivity index (χ0n) is 11.1. The van der Waals surface area contributed by atoms with Gasteiger partial charge in [0.2, 0.25) is 0 Å². The first kappa shape index (κ1) is 15.8. The number of nitrogens with one attached hydrogen (secondary N) is 1. The number of carboxylic acid groups (broad SMARTS) is 1. The number of hydrogen-bond acceptors (Lipinski definition) is 3. The zero-order valence-corrected chi connectivity index (χ0v) is 11.9. The molecule has 1 rings (SSSR count). The van der Waals surface area contributed by atoms with E-state index in [-0.39, 0.29) is 5.56 Å². The average molecular weight is 285 g/mol. The van der Waals surface area contributed by atoms with E-state index in [1.165, 1.54) is 30.7 Å². The van der Waals surface area contributed by atoms with E-state index in [1.54, 1.807) is 0 Å². The lowest BCUT2D eigenvalue weighted by molar-refractivity contribution is 0.0696. The summed E-state index contributed by atoms with van der Waals surface area (Å²) in [6.45, 7) is 0.711. The van der Waals surface area contributed by atoms with Crippen LogP contribution in [-0.4, -0.2) is 29.6 Å². The topological polar surface area (TPSA) is 49.3 Å². The number of unbranched alkanes of at least 4 members (excludes halogenated alkanes) is 3. The van der Waals surface area contributed by atoms with E-state index < -0.39 is 11.8 Å². The summed E-state index contributed by atoms with van der Waals surface area (Å²) in [5.74, 6) is -0.430. The number of aromatic carboxylic acids is 1. The van der Waals surface area contributed by atoms with Gasteiger partial charge >= 0.3 is 5.97 Å². The molecule has 19 heavy (non-hydrogen) atoms. The molecule has 106 valence electrons. The molecule has 1 aromatic rings. The molecule has 2 N–H and O–H groups in total. The summed E-state index contributed by atoms with van der Waals surface area (Å²) in [5, 5.41) is 11.7. The molecule has 0 fully saturated rings. The number of halogens is 1. The van der Waals surface area contributed by atoms with Crippen LogP contribution in [0, 0.1) is 5.82 Å². The van der Waals surface area contributed by atoms with Crippen molar-refractivity contribution in [1.29, 1.82) is 0 Å². The molecule has 0 atom stereocenters. The maximum atomic E-state index is 13.6. The molecule has 0 spiro atoms. The normalized spacial score (nSPS) is 10.4. The Morgan fingerprint density at radius 2 is 2.05 bits per heavy atom. The highest BCUT2D eigenvalue weighted by Crippen LogP contribution is 2.16. The van der Waals surface area contributed by atoms with Crippen LogP contribution in [0.2, 0.25) is 0 Å². The molecule has 0 saturated heterocycles. The van der Waals surface area contributed by atoms with Crippen molar-refractivity contribution in [1.82, 2.24) is 0 Å². The van der Waals surface area contributed by atoms with Crippen LogP contribution in [0.5, 0.6) is 0 Å². The molecule has 0 unspecified atom stereocenters. The lowest BCUT2D eigenvalue weighted by Gasteiger charge is -2.08. The van der Waals surface area contributed by atoms with Crippen molar-refractivity contribution in [3.8, 4) is 0 Å². The van der Waals surface area contributed by atoms with Crippen LogP contribution in [0.3, 0.4) is 0 Å². The molecule has 0 aliphatic heterocycles. The average Bonchev–Trinajstić information content (AvgIpc) is 2.39. The van der Waals surface area contributed by atoms with Crippen LogP contribution in [-0.2, 0) is 0 Å². The number of rotatable bonds is 9. The molecule has 1 aromatic carbocycles. The fourth-order valence-electron chi connectivity index (χ4n) is 1.74. The fraction of sp³-hybridized carbons (Fsp3) is 0.500. The van der Waals surface area contributed by atoms with Gasteiger partial charge in [-0.25, -0.2) is 9.18 Å². The van der Waals surface area contributed by atoms with Gasteiger partial charge in [0.15, 0.2) is 0 Å². The third-order valence-corrected chi connectivity index (χ3v) is 3.50. The van der Waals surface area contributed by atoms with Gasteiger partial charge in [0.25, 0.3) is 0 Å². The Morgan fingerprint density at radius 3 is 2.68 bits per heavy atom. The zero-order chi connectivity index (χ0) is 14.1. The Kier molecular flexibility index (Phi) is 7.33. The number of anilines is 1. The van der Waals surface area contributed by atoms with Gasteiger partial charge in [0.1, 0.15) is 5.82 Å². The fourth-order valence-corrected chi connectivity index (χ4v) is 2.23. The number of carboxylic acids is 1. The van der Waals surface area contributed by atoms with Crippen molar-refractivity contribution < 1.29 is 14.3 Å². The molecule has 0 aromatic heterocycles. The van der Waals surface area contributed by atoms with Crippen LogP contribution >= 0.6 is 11.8 Å². The van der Waals surface area contributed by atoms with Crippen molar-refractivity contribution >= 4 is 23.4 Å². The second kappa shape index (κ2) is 8.80. The maximum Gasteiger partial charge on any atom is 0.335 e. The Hall–Kier alpha value is -1.23. The van der Waals surface area contributed by atoms with Gasteiger partial charge in [-0.2, -0.15) is 11.8 Å². The third kappa shape index (κ3) is 5.96. The first-order chi connectivity index (χ1) is 9.15. The highest BCUT2D eigenvalue weighted by atomic mass is 32.2. The molecular formula is C14H20FNO2S. The minimum atomic E-state index is -1.11. The second-order valence-electron chi connectivity index (χ2n) is 4.33. The molecule has 0 amide bonds. The highest BCUT2D eigenvalue weighted by Gasteiger charge is 2.07. The van der Waals surface area contributed by atoms with Gasteiger partial charge in [-0.05, 0) is 43.0 Å². The molecule has 0 bridgehead atoms. The highest BCUT2D eigenvalue weighted by molar-refractivity contribution is 7.98. The summed E-state index contributed by atoms with van der Waals surface area (Å²) in [4.78, 5) is 10.7. The molecule has 3 nitrogen and oxygen atoms in total. The lowest BCUT2D eigenvalue weighted by Crippen LogP contribution is -2.05. The molecule has 0 radical (unpaired) electrons. The maximum absolute atomic E-state index is 13.6. The predicted molar refractivity (Wildman–Crippen MR) is 78.7 cm³/mol. The molecule has 0 saturated carbocycles. The third-order valence-electron chi connectivity index (χ3n) is 2.81. The van der Waals surface area contributed by atoms with Gasteiger partial charge in [0, 0.05) is 6.54 Å². The largest absolute Gasteiger partial charge is 0.478 e. The Bertz CT molecular complexity index is 412. The Morgan fingerprint density at radius 1 is 1.32 bits per heavy atom. The van der Waals surface area contributed by atoms with Gasteiger partial charge in [-0.15, -0.1) is 0 Å². The summed E-state index contributed by atoms with van der Waals surface area (Å²) >= 11 is 1.85. The van der Waals surface area contributed by atoms with Gasteiger partial charge < -0.3 is 10.4 Å². The van der Waals surface area contributed by atoms with E-state index in [0.717, 1.165) is 18.9 Å². The Balaban J connectivity index is 2.28. The number of hydrogen-bond donors (Lipinski definition) is 2.